The van der Waals surface area contributed by atoms with Crippen LogP contribution in [0.15, 0.2) is 72.8 Å². The van der Waals surface area contributed by atoms with Crippen molar-refractivity contribution in [2.75, 3.05) is 17.2 Å². The second-order valence-electron chi connectivity index (χ2n) is 12.7. The summed E-state index contributed by atoms with van der Waals surface area (Å²) in [6, 6.07) is 22.1. The van der Waals surface area contributed by atoms with E-state index in [2.05, 4.69) is 52.0 Å². The lowest BCUT2D eigenvalue weighted by Gasteiger charge is -2.45. The fourth-order valence-corrected chi connectivity index (χ4v) is 6.39. The molecule has 3 N–H and O–H groups in total. The first-order valence-corrected chi connectivity index (χ1v) is 15.5. The molecule has 2 aliphatic rings. The van der Waals surface area contributed by atoms with Crippen LogP contribution in [0.5, 0.6) is 17.2 Å². The van der Waals surface area contributed by atoms with Gasteiger partial charge in [0, 0.05) is 29.3 Å². The lowest BCUT2D eigenvalue weighted by atomic mass is 9.71. The highest BCUT2D eigenvalue weighted by atomic mass is 16.5. The third-order valence-corrected chi connectivity index (χ3v) is 8.82. The monoisotopic (exact) mass is 609 g/mol. The van der Waals surface area contributed by atoms with E-state index in [1.165, 1.54) is 0 Å². The number of para-hydroxylation sites is 1. The molecule has 0 bridgehead atoms. The molecule has 0 spiro atoms. The number of urea groups is 1. The van der Waals surface area contributed by atoms with E-state index in [9.17, 15) is 9.59 Å². The summed E-state index contributed by atoms with van der Waals surface area (Å²) in [4.78, 5) is 29.0. The van der Waals surface area contributed by atoms with Crippen molar-refractivity contribution in [3.05, 3.63) is 83.9 Å². The van der Waals surface area contributed by atoms with E-state index < -0.39 is 0 Å². The summed E-state index contributed by atoms with van der Waals surface area (Å²) in [6.07, 6.45) is 4.63. The summed E-state index contributed by atoms with van der Waals surface area (Å²) in [6.45, 7) is 7.33. The Balaban J connectivity index is 1.23. The predicted octanol–water partition coefficient (Wildman–Crippen LogP) is 7.21. The molecule has 1 fully saturated rings. The Hall–Kier alpha value is -4.93. The van der Waals surface area contributed by atoms with Crippen LogP contribution in [-0.2, 0) is 0 Å². The van der Waals surface area contributed by atoms with E-state index >= 15 is 0 Å². The topological polar surface area (TPSA) is 134 Å². The molecule has 45 heavy (non-hydrogen) atoms. The second kappa shape index (κ2) is 13.0. The first-order valence-electron chi connectivity index (χ1n) is 15.5. The lowest BCUT2D eigenvalue weighted by Crippen LogP contribution is -2.48. The number of aromatic nitrogens is 4. The zero-order valence-corrected chi connectivity index (χ0v) is 25.8. The Labute approximate surface area is 262 Å². The standard InChI is InChI=1S/C34H39N7O4/c1-34(2,3)23-10-14-25(15-11-23)41(33(43)35-24-12-16-27(17-13-24)45-26-7-5-4-6-8-26)29-19-20-44-30-21-22(9-18-28(29)30)31(42)36-32-37-39-40-38-32/h4-9,12-13,16-18,21,23,25,29H,10-11,14-15,19-20H2,1-3H3,(H,35,43)(H2,36,37,38,39,40,42). The number of benzene rings is 3. The molecule has 3 aromatic carbocycles. The number of hydrogen-bond donors (Lipinski definition) is 3. The minimum absolute atomic E-state index is 0.0708. The lowest BCUT2D eigenvalue weighted by molar-refractivity contribution is 0.0768. The second-order valence-corrected chi connectivity index (χ2v) is 12.7. The number of aromatic amines is 1. The number of tetrazole rings is 1. The highest BCUT2D eigenvalue weighted by molar-refractivity contribution is 6.03. The molecule has 1 saturated carbocycles. The quantitative estimate of drug-likeness (QED) is 0.202. The Bertz CT molecular complexity index is 1600. The SMILES string of the molecule is CC(C)(C)C1CCC(N(C(=O)Nc2ccc(Oc3ccccc3)cc2)C2CCOc3cc(C(=O)Nc4nn[nH]n4)ccc32)CC1. The summed E-state index contributed by atoms with van der Waals surface area (Å²) in [5.41, 5.74) is 2.20. The number of carbonyl (C=O) groups is 2. The number of fused-ring (bicyclic) bond motifs is 1. The van der Waals surface area contributed by atoms with Gasteiger partial charge in [-0.25, -0.2) is 4.79 Å². The third-order valence-electron chi connectivity index (χ3n) is 8.82. The maximum Gasteiger partial charge on any atom is 0.322 e. The molecule has 0 radical (unpaired) electrons. The highest BCUT2D eigenvalue weighted by Crippen LogP contribution is 2.44. The van der Waals surface area contributed by atoms with E-state index in [1.54, 1.807) is 12.1 Å². The Kier molecular flexibility index (Phi) is 8.68. The first-order chi connectivity index (χ1) is 21.7. The van der Waals surface area contributed by atoms with Gasteiger partial charge in [-0.3, -0.25) is 10.1 Å². The molecule has 1 aliphatic heterocycles. The van der Waals surface area contributed by atoms with Gasteiger partial charge in [-0.2, -0.15) is 5.21 Å². The van der Waals surface area contributed by atoms with E-state index in [4.69, 9.17) is 9.47 Å². The van der Waals surface area contributed by atoms with Crippen LogP contribution < -0.4 is 20.1 Å². The van der Waals surface area contributed by atoms with Crippen molar-refractivity contribution in [3.8, 4) is 17.2 Å². The number of ether oxygens (including phenoxy) is 2. The maximum absolute atomic E-state index is 14.2. The largest absolute Gasteiger partial charge is 0.493 e. The number of amides is 3. The van der Waals surface area contributed by atoms with Crippen LogP contribution in [-0.4, -0.2) is 50.1 Å². The number of hydrogen-bond acceptors (Lipinski definition) is 7. The molecule has 4 aromatic rings. The molecular formula is C34H39N7O4. The Morgan fingerprint density at radius 1 is 0.911 bits per heavy atom. The van der Waals surface area contributed by atoms with Crippen LogP contribution in [0.1, 0.15) is 74.8 Å². The summed E-state index contributed by atoms with van der Waals surface area (Å²) in [7, 11) is 0. The van der Waals surface area contributed by atoms with Crippen molar-refractivity contribution in [3.63, 3.8) is 0 Å². The molecule has 1 aromatic heterocycles. The van der Waals surface area contributed by atoms with Crippen molar-refractivity contribution >= 4 is 23.6 Å². The molecule has 0 saturated heterocycles. The summed E-state index contributed by atoms with van der Waals surface area (Å²) < 4.78 is 12.0. The highest BCUT2D eigenvalue weighted by Gasteiger charge is 2.39. The van der Waals surface area contributed by atoms with Crippen LogP contribution in [0.3, 0.4) is 0 Å². The molecule has 1 atom stereocenters. The molecule has 234 valence electrons. The number of carbonyl (C=O) groups excluding carboxylic acids is 2. The summed E-state index contributed by atoms with van der Waals surface area (Å²) >= 11 is 0. The average molecular weight is 610 g/mol. The van der Waals surface area contributed by atoms with Crippen LogP contribution in [0.4, 0.5) is 16.4 Å². The van der Waals surface area contributed by atoms with Gasteiger partial charge in [-0.15, -0.1) is 5.10 Å². The Morgan fingerprint density at radius 2 is 1.64 bits per heavy atom. The van der Waals surface area contributed by atoms with Crippen molar-refractivity contribution in [1.29, 1.82) is 0 Å². The van der Waals surface area contributed by atoms with Gasteiger partial charge in [0.05, 0.1) is 12.6 Å². The number of H-pyrrole nitrogens is 1. The molecule has 11 nitrogen and oxygen atoms in total. The van der Waals surface area contributed by atoms with Gasteiger partial charge < -0.3 is 19.7 Å². The van der Waals surface area contributed by atoms with Gasteiger partial charge in [0.2, 0.25) is 0 Å². The van der Waals surface area contributed by atoms with Crippen LogP contribution in [0.2, 0.25) is 0 Å². The van der Waals surface area contributed by atoms with E-state index in [0.717, 1.165) is 37.0 Å². The first kappa shape index (κ1) is 30.1. The van der Waals surface area contributed by atoms with Crippen LogP contribution in [0, 0.1) is 11.3 Å². The predicted molar refractivity (Wildman–Crippen MR) is 170 cm³/mol. The van der Waals surface area contributed by atoms with Crippen molar-refractivity contribution in [1.82, 2.24) is 25.5 Å². The van der Waals surface area contributed by atoms with Crippen molar-refractivity contribution < 1.29 is 19.1 Å². The van der Waals surface area contributed by atoms with Crippen molar-refractivity contribution in [2.45, 2.75) is 65.0 Å². The molecule has 1 unspecified atom stereocenters. The fraction of sp³-hybridized carbons (Fsp3) is 0.382. The number of anilines is 2. The zero-order chi connectivity index (χ0) is 31.4. The molecule has 3 amide bonds. The minimum atomic E-state index is -0.375. The van der Waals surface area contributed by atoms with Gasteiger partial charge in [-0.05, 0) is 90.8 Å². The Morgan fingerprint density at radius 3 is 2.33 bits per heavy atom. The van der Waals surface area contributed by atoms with Gasteiger partial charge in [0.15, 0.2) is 0 Å². The molecular weight excluding hydrogens is 570 g/mol. The van der Waals surface area contributed by atoms with Gasteiger partial charge in [0.1, 0.15) is 17.2 Å². The third kappa shape index (κ3) is 7.08. The normalized spacial score (nSPS) is 19.5. The molecule has 11 heteroatoms. The van der Waals surface area contributed by atoms with Crippen LogP contribution >= 0.6 is 0 Å². The smallest absolute Gasteiger partial charge is 0.322 e. The summed E-state index contributed by atoms with van der Waals surface area (Å²) in [5, 5.41) is 19.1. The van der Waals surface area contributed by atoms with E-state index in [1.807, 2.05) is 65.6 Å². The average Bonchev–Trinajstić information content (AvgIpc) is 3.55. The van der Waals surface area contributed by atoms with Crippen molar-refractivity contribution in [2.24, 2.45) is 11.3 Å². The number of rotatable bonds is 7. The molecule has 1 aliphatic carbocycles. The number of nitrogens with one attached hydrogen (secondary N) is 3. The fourth-order valence-electron chi connectivity index (χ4n) is 6.39. The minimum Gasteiger partial charge on any atom is -0.493 e. The van der Waals surface area contributed by atoms with Gasteiger partial charge in [-0.1, -0.05) is 50.1 Å². The number of nitrogens with zero attached hydrogens (tertiary/aromatic N) is 4. The van der Waals surface area contributed by atoms with Gasteiger partial charge >= 0.3 is 6.03 Å². The van der Waals surface area contributed by atoms with E-state index in [0.29, 0.717) is 41.7 Å². The molecule has 2 heterocycles. The van der Waals surface area contributed by atoms with Gasteiger partial charge in [0.25, 0.3) is 11.9 Å². The van der Waals surface area contributed by atoms with Crippen LogP contribution in [0.25, 0.3) is 0 Å². The molecule has 6 rings (SSSR count). The van der Waals surface area contributed by atoms with E-state index in [-0.39, 0.29) is 35.4 Å². The maximum atomic E-state index is 14.2. The zero-order valence-electron chi connectivity index (χ0n) is 25.8. The summed E-state index contributed by atoms with van der Waals surface area (Å²) in [5.74, 6) is 2.35.